The van der Waals surface area contributed by atoms with E-state index in [1.807, 2.05) is 0 Å². The van der Waals surface area contributed by atoms with E-state index in [0.29, 0.717) is 25.7 Å². The summed E-state index contributed by atoms with van der Waals surface area (Å²) in [7, 11) is -9.92. The van der Waals surface area contributed by atoms with Crippen LogP contribution >= 0.6 is 15.6 Å². The van der Waals surface area contributed by atoms with Crippen molar-refractivity contribution in [3.63, 3.8) is 0 Å². The zero-order valence-corrected chi connectivity index (χ0v) is 68.0. The Morgan fingerprint density at radius 2 is 0.455 bits per heavy atom. The van der Waals surface area contributed by atoms with E-state index in [2.05, 4.69) is 41.5 Å². The first-order chi connectivity index (χ1) is 48.9. The van der Waals surface area contributed by atoms with Crippen LogP contribution in [0.15, 0.2) is 0 Å². The van der Waals surface area contributed by atoms with E-state index >= 15 is 0 Å². The Balaban J connectivity index is 5.19. The molecule has 0 rings (SSSR count). The second kappa shape index (κ2) is 73.6. The quantitative estimate of drug-likeness (QED) is 0.0222. The van der Waals surface area contributed by atoms with Crippen LogP contribution in [0.5, 0.6) is 0 Å². The molecule has 0 aliphatic rings. The van der Waals surface area contributed by atoms with Gasteiger partial charge in [-0.15, -0.1) is 0 Å². The van der Waals surface area contributed by atoms with Crippen LogP contribution in [0, 0.1) is 11.8 Å². The highest BCUT2D eigenvalue weighted by atomic mass is 31.2. The second-order valence-corrected chi connectivity index (χ2v) is 33.4. The molecule has 5 atom stereocenters. The van der Waals surface area contributed by atoms with E-state index in [9.17, 15) is 43.2 Å². The second-order valence-electron chi connectivity index (χ2n) is 30.5. The van der Waals surface area contributed by atoms with Gasteiger partial charge < -0.3 is 33.8 Å². The highest BCUT2D eigenvalue weighted by molar-refractivity contribution is 7.47. The van der Waals surface area contributed by atoms with E-state index in [0.717, 1.165) is 108 Å². The molecule has 0 aromatic rings. The van der Waals surface area contributed by atoms with Crippen molar-refractivity contribution in [2.45, 2.75) is 452 Å². The Hall–Kier alpha value is -1.94. The standard InChI is InChI=1S/C82H160O17P2/c1-7-9-11-13-15-17-18-19-20-21-22-23-24-25-26-31-37-42-48-54-60-66-81(86)99-78(71-93-80(85)65-59-53-47-41-36-30-28-27-29-34-39-44-50-56-62-74(3)4)73-97-101(90,91)95-69-76(83)68-94-100(88,89)96-72-77(70-92-79(84)64-58-52-46-16-14-12-10-8-2)98-82(87)67-61-55-49-43-38-33-32-35-40-45-51-57-63-75(5)6/h74-78,83H,7-73H2,1-6H3,(H,88,89)(H,90,91)/t76-,77+,78+/m0/s1. The summed E-state index contributed by atoms with van der Waals surface area (Å²) in [6.45, 7) is 9.64. The van der Waals surface area contributed by atoms with Gasteiger partial charge in [0.25, 0.3) is 0 Å². The molecule has 0 aliphatic heterocycles. The highest BCUT2D eigenvalue weighted by Gasteiger charge is 2.30. The van der Waals surface area contributed by atoms with Gasteiger partial charge >= 0.3 is 39.5 Å². The summed E-state index contributed by atoms with van der Waals surface area (Å²) in [4.78, 5) is 73.0. The van der Waals surface area contributed by atoms with Crippen LogP contribution in [0.3, 0.4) is 0 Å². The van der Waals surface area contributed by atoms with Crippen molar-refractivity contribution in [3.8, 4) is 0 Å². The number of unbranched alkanes of at least 4 members (excludes halogenated alkanes) is 51. The highest BCUT2D eigenvalue weighted by Crippen LogP contribution is 2.45. The summed E-state index contributed by atoms with van der Waals surface area (Å²) < 4.78 is 68.7. The van der Waals surface area contributed by atoms with E-state index in [-0.39, 0.29) is 25.7 Å². The summed E-state index contributed by atoms with van der Waals surface area (Å²) in [6.07, 6.45) is 64.0. The molecular weight excluding hydrogens is 1320 g/mol. The Bertz CT molecular complexity index is 1940. The van der Waals surface area contributed by atoms with Crippen molar-refractivity contribution in [3.05, 3.63) is 0 Å². The average molecular weight is 1480 g/mol. The van der Waals surface area contributed by atoms with Crippen LogP contribution in [-0.2, 0) is 65.4 Å². The largest absolute Gasteiger partial charge is 0.472 e. The van der Waals surface area contributed by atoms with Gasteiger partial charge in [-0.25, -0.2) is 9.13 Å². The van der Waals surface area contributed by atoms with Gasteiger partial charge in [0.05, 0.1) is 26.4 Å². The topological polar surface area (TPSA) is 237 Å². The molecule has 0 saturated heterocycles. The fraction of sp³-hybridized carbons (Fsp3) is 0.951. The average Bonchev–Trinajstić information content (AvgIpc) is 0.934. The smallest absolute Gasteiger partial charge is 0.462 e. The maximum Gasteiger partial charge on any atom is 0.472 e. The minimum absolute atomic E-state index is 0.107. The number of carbonyl (C=O) groups is 4. The number of ether oxygens (including phenoxy) is 4. The van der Waals surface area contributed by atoms with E-state index in [4.69, 9.17) is 37.0 Å². The molecule has 0 amide bonds. The lowest BCUT2D eigenvalue weighted by molar-refractivity contribution is -0.161. The van der Waals surface area contributed by atoms with E-state index in [1.165, 1.54) is 244 Å². The number of phosphoric ester groups is 2. The lowest BCUT2D eigenvalue weighted by atomic mass is 10.0. The van der Waals surface area contributed by atoms with Crippen molar-refractivity contribution < 1.29 is 80.2 Å². The summed E-state index contributed by atoms with van der Waals surface area (Å²) in [5.41, 5.74) is 0. The van der Waals surface area contributed by atoms with Gasteiger partial charge in [-0.1, -0.05) is 382 Å². The monoisotopic (exact) mass is 1480 g/mol. The van der Waals surface area contributed by atoms with Crippen molar-refractivity contribution in [1.82, 2.24) is 0 Å². The molecule has 600 valence electrons. The summed E-state index contributed by atoms with van der Waals surface area (Å²) in [5.74, 6) is -0.534. The number of hydrogen-bond donors (Lipinski definition) is 3. The summed E-state index contributed by atoms with van der Waals surface area (Å²) in [5, 5.41) is 10.6. The number of aliphatic hydroxyl groups excluding tert-OH is 1. The number of carbonyl (C=O) groups excluding carboxylic acids is 4. The van der Waals surface area contributed by atoms with Crippen molar-refractivity contribution in [1.29, 1.82) is 0 Å². The van der Waals surface area contributed by atoms with Gasteiger partial charge in [-0.05, 0) is 37.5 Å². The van der Waals surface area contributed by atoms with Crippen LogP contribution in [0.1, 0.15) is 433 Å². The fourth-order valence-electron chi connectivity index (χ4n) is 12.7. The normalized spacial score (nSPS) is 13.9. The van der Waals surface area contributed by atoms with E-state index in [1.54, 1.807) is 0 Å². The van der Waals surface area contributed by atoms with Crippen molar-refractivity contribution >= 4 is 39.5 Å². The minimum atomic E-state index is -4.96. The third-order valence-electron chi connectivity index (χ3n) is 19.2. The van der Waals surface area contributed by atoms with Gasteiger partial charge in [0.2, 0.25) is 0 Å². The Morgan fingerprint density at radius 1 is 0.267 bits per heavy atom. The third-order valence-corrected chi connectivity index (χ3v) is 21.1. The van der Waals surface area contributed by atoms with Crippen molar-refractivity contribution in [2.24, 2.45) is 11.8 Å². The molecule has 0 radical (unpaired) electrons. The molecule has 0 aromatic heterocycles. The molecular formula is C82H160O17P2. The van der Waals surface area contributed by atoms with Gasteiger partial charge in [-0.3, -0.25) is 37.3 Å². The molecule has 0 heterocycles. The SMILES string of the molecule is CCCCCCCCCCCCCCCCCCCCCCCC(=O)O[C@H](COC(=O)CCCCCCCCCCCCCCCCC(C)C)COP(=O)(O)OC[C@@H](O)COP(=O)(O)OC[C@@H](COC(=O)CCCCCCCCCC)OC(=O)CCCCCCCCCCCCCCC(C)C. The first kappa shape index (κ1) is 99.1. The molecule has 0 aromatic carbocycles. The number of rotatable bonds is 81. The Labute approximate surface area is 619 Å². The minimum Gasteiger partial charge on any atom is -0.462 e. The third kappa shape index (κ3) is 76.1. The molecule has 0 bridgehead atoms. The fourth-order valence-corrected chi connectivity index (χ4v) is 14.3. The lowest BCUT2D eigenvalue weighted by Crippen LogP contribution is -2.30. The van der Waals surface area contributed by atoms with E-state index < -0.39 is 97.5 Å². The zero-order valence-electron chi connectivity index (χ0n) is 66.2. The molecule has 0 aliphatic carbocycles. The molecule has 0 fully saturated rings. The molecule has 101 heavy (non-hydrogen) atoms. The van der Waals surface area contributed by atoms with Crippen molar-refractivity contribution in [2.75, 3.05) is 39.6 Å². The van der Waals surface area contributed by atoms with Crippen LogP contribution in [0.2, 0.25) is 0 Å². The zero-order chi connectivity index (χ0) is 74.2. The maximum absolute atomic E-state index is 13.1. The summed E-state index contributed by atoms with van der Waals surface area (Å²) >= 11 is 0. The molecule has 17 nitrogen and oxygen atoms in total. The number of esters is 4. The lowest BCUT2D eigenvalue weighted by Gasteiger charge is -2.21. The van der Waals surface area contributed by atoms with Gasteiger partial charge in [0.15, 0.2) is 12.2 Å². The Kier molecular flexibility index (Phi) is 72.2. The molecule has 3 N–H and O–H groups in total. The molecule has 0 saturated carbocycles. The molecule has 19 heteroatoms. The molecule has 2 unspecified atom stereocenters. The molecule has 0 spiro atoms. The van der Waals surface area contributed by atoms with Crippen LogP contribution in [-0.4, -0.2) is 96.7 Å². The van der Waals surface area contributed by atoms with Gasteiger partial charge in [0, 0.05) is 25.7 Å². The first-order valence-electron chi connectivity index (χ1n) is 42.5. The van der Waals surface area contributed by atoms with Gasteiger partial charge in [0.1, 0.15) is 19.3 Å². The summed E-state index contributed by atoms with van der Waals surface area (Å²) in [6, 6.07) is 0. The number of aliphatic hydroxyl groups is 1. The van der Waals surface area contributed by atoms with Crippen LogP contribution < -0.4 is 0 Å². The number of phosphoric acid groups is 2. The van der Waals surface area contributed by atoms with Gasteiger partial charge in [-0.2, -0.15) is 0 Å². The predicted molar refractivity (Wildman–Crippen MR) is 414 cm³/mol. The number of hydrogen-bond acceptors (Lipinski definition) is 15. The Morgan fingerprint density at radius 3 is 0.673 bits per heavy atom. The predicted octanol–water partition coefficient (Wildman–Crippen LogP) is 24.7. The first-order valence-corrected chi connectivity index (χ1v) is 45.5. The maximum atomic E-state index is 13.1. The van der Waals surface area contributed by atoms with Crippen LogP contribution in [0.25, 0.3) is 0 Å². The van der Waals surface area contributed by atoms with Crippen LogP contribution in [0.4, 0.5) is 0 Å².